The van der Waals surface area contributed by atoms with Gasteiger partial charge in [-0.2, -0.15) is 0 Å². The summed E-state index contributed by atoms with van der Waals surface area (Å²) in [7, 11) is 0. The molecule has 0 aromatic heterocycles. The lowest BCUT2D eigenvalue weighted by Gasteiger charge is -2.22. The summed E-state index contributed by atoms with van der Waals surface area (Å²) in [6, 6.07) is 7.61. The molecular formula is C18H27ClN2O4. The monoisotopic (exact) mass is 370 g/mol. The Morgan fingerprint density at radius 1 is 1.36 bits per heavy atom. The van der Waals surface area contributed by atoms with Gasteiger partial charge in [-0.3, -0.25) is 14.5 Å². The van der Waals surface area contributed by atoms with Gasteiger partial charge in [-0.1, -0.05) is 25.1 Å². The molecule has 2 atom stereocenters. The van der Waals surface area contributed by atoms with Crippen LogP contribution in [0, 0.1) is 5.92 Å². The van der Waals surface area contributed by atoms with E-state index < -0.39 is 5.97 Å². The zero-order valence-corrected chi connectivity index (χ0v) is 15.6. The van der Waals surface area contributed by atoms with Gasteiger partial charge >= 0.3 is 5.97 Å². The maximum atomic E-state index is 12.3. The fourth-order valence-corrected chi connectivity index (χ4v) is 3.08. The lowest BCUT2D eigenvalue weighted by atomic mass is 10.0. The van der Waals surface area contributed by atoms with Crippen molar-refractivity contribution in [3.8, 4) is 5.75 Å². The Labute approximate surface area is 154 Å². The molecule has 6 nitrogen and oxygen atoms in total. The van der Waals surface area contributed by atoms with E-state index in [1.54, 1.807) is 0 Å². The molecule has 1 aliphatic rings. The van der Waals surface area contributed by atoms with Gasteiger partial charge in [0.15, 0.2) is 0 Å². The van der Waals surface area contributed by atoms with E-state index in [-0.39, 0.29) is 36.8 Å². The molecule has 1 fully saturated rings. The molecular weight excluding hydrogens is 344 g/mol. The Morgan fingerprint density at radius 2 is 2.08 bits per heavy atom. The second-order valence-corrected chi connectivity index (χ2v) is 6.06. The van der Waals surface area contributed by atoms with Crippen LogP contribution in [0.4, 0.5) is 0 Å². The molecule has 2 N–H and O–H groups in total. The number of hydrogen-bond donors (Lipinski definition) is 2. The lowest BCUT2D eigenvalue weighted by Crippen LogP contribution is -2.38. The highest BCUT2D eigenvalue weighted by atomic mass is 35.5. The van der Waals surface area contributed by atoms with E-state index in [0.29, 0.717) is 26.1 Å². The molecule has 140 valence electrons. The van der Waals surface area contributed by atoms with E-state index in [1.165, 1.54) is 0 Å². The van der Waals surface area contributed by atoms with Gasteiger partial charge in [-0.25, -0.2) is 0 Å². The summed E-state index contributed by atoms with van der Waals surface area (Å²) in [5, 5.41) is 12.1. The van der Waals surface area contributed by atoms with Crippen molar-refractivity contribution < 1.29 is 19.4 Å². The van der Waals surface area contributed by atoms with Crippen LogP contribution >= 0.6 is 12.4 Å². The van der Waals surface area contributed by atoms with Crippen molar-refractivity contribution in [3.05, 3.63) is 29.8 Å². The molecule has 1 amide bonds. The number of likely N-dealkylation sites (tertiary alicyclic amines) is 1. The number of nitrogens with one attached hydrogen (secondary N) is 1. The zero-order chi connectivity index (χ0) is 17.5. The number of amides is 1. The highest BCUT2D eigenvalue weighted by molar-refractivity contribution is 5.85. The molecule has 1 saturated heterocycles. The summed E-state index contributed by atoms with van der Waals surface area (Å²) < 4.78 is 5.65. The predicted molar refractivity (Wildman–Crippen MR) is 98.2 cm³/mol. The van der Waals surface area contributed by atoms with Crippen molar-refractivity contribution in [2.75, 3.05) is 26.2 Å². The van der Waals surface area contributed by atoms with E-state index in [4.69, 9.17) is 9.84 Å². The quantitative estimate of drug-likeness (QED) is 0.735. The third-order valence-electron chi connectivity index (χ3n) is 4.33. The molecule has 2 rings (SSSR count). The maximum absolute atomic E-state index is 12.3. The van der Waals surface area contributed by atoms with Crippen LogP contribution in [0.15, 0.2) is 24.3 Å². The molecule has 1 aromatic carbocycles. The van der Waals surface area contributed by atoms with Crippen molar-refractivity contribution in [3.63, 3.8) is 0 Å². The topological polar surface area (TPSA) is 78.9 Å². The Hall–Kier alpha value is -1.79. The number of nitrogens with zero attached hydrogens (tertiary/aromatic N) is 1. The SMILES string of the molecule is CCOc1ccccc1C(CC)NC(=O)CN1CCC(C(=O)O)C1.Cl. The van der Waals surface area contributed by atoms with Gasteiger partial charge in [-0.05, 0) is 32.4 Å². The minimum absolute atomic E-state index is 0. The van der Waals surface area contributed by atoms with Crippen LogP contribution in [-0.4, -0.2) is 48.1 Å². The number of hydrogen-bond acceptors (Lipinski definition) is 4. The van der Waals surface area contributed by atoms with Crippen molar-refractivity contribution in [1.29, 1.82) is 0 Å². The second-order valence-electron chi connectivity index (χ2n) is 6.06. The summed E-state index contributed by atoms with van der Waals surface area (Å²) in [4.78, 5) is 25.2. The number of carbonyl (C=O) groups is 2. The first kappa shape index (κ1) is 21.3. The Bertz CT molecular complexity index is 582. The summed E-state index contributed by atoms with van der Waals surface area (Å²) in [6.07, 6.45) is 1.36. The fourth-order valence-electron chi connectivity index (χ4n) is 3.08. The lowest BCUT2D eigenvalue weighted by molar-refractivity contribution is -0.141. The minimum atomic E-state index is -0.782. The van der Waals surface area contributed by atoms with E-state index >= 15 is 0 Å². The highest BCUT2D eigenvalue weighted by Gasteiger charge is 2.29. The summed E-state index contributed by atoms with van der Waals surface area (Å²) >= 11 is 0. The van der Waals surface area contributed by atoms with Crippen molar-refractivity contribution in [1.82, 2.24) is 10.2 Å². The molecule has 0 radical (unpaired) electrons. The number of carboxylic acids is 1. The minimum Gasteiger partial charge on any atom is -0.494 e. The average molecular weight is 371 g/mol. The third kappa shape index (κ3) is 5.90. The van der Waals surface area contributed by atoms with Gasteiger partial charge in [-0.15, -0.1) is 12.4 Å². The predicted octanol–water partition coefficient (Wildman–Crippen LogP) is 2.48. The summed E-state index contributed by atoms with van der Waals surface area (Å²) in [5.41, 5.74) is 0.972. The molecule has 1 heterocycles. The van der Waals surface area contributed by atoms with E-state index in [9.17, 15) is 9.59 Å². The first-order chi connectivity index (χ1) is 11.5. The van der Waals surface area contributed by atoms with Crippen LogP contribution in [0.3, 0.4) is 0 Å². The van der Waals surface area contributed by atoms with Gasteiger partial charge < -0.3 is 15.2 Å². The molecule has 2 unspecified atom stereocenters. The van der Waals surface area contributed by atoms with Gasteiger partial charge in [0.2, 0.25) is 5.91 Å². The van der Waals surface area contributed by atoms with Gasteiger partial charge in [0.25, 0.3) is 0 Å². The number of rotatable bonds is 8. The number of benzene rings is 1. The van der Waals surface area contributed by atoms with Crippen LogP contribution < -0.4 is 10.1 Å². The van der Waals surface area contributed by atoms with Crippen LogP contribution in [0.1, 0.15) is 38.3 Å². The number of ether oxygens (including phenoxy) is 1. The molecule has 0 saturated carbocycles. The average Bonchev–Trinajstić information content (AvgIpc) is 3.02. The van der Waals surface area contributed by atoms with Crippen molar-refractivity contribution in [2.24, 2.45) is 5.92 Å². The van der Waals surface area contributed by atoms with Crippen molar-refractivity contribution in [2.45, 2.75) is 32.7 Å². The molecule has 0 aliphatic carbocycles. The normalized spacial score (nSPS) is 18.2. The molecule has 1 aliphatic heterocycles. The maximum Gasteiger partial charge on any atom is 0.307 e. The standard InChI is InChI=1S/C18H26N2O4.ClH/c1-3-15(14-7-5-6-8-16(14)24-4-2)19-17(21)12-20-10-9-13(11-20)18(22)23;/h5-8,13,15H,3-4,9-12H2,1-2H3,(H,19,21)(H,22,23);1H. The number of carbonyl (C=O) groups excluding carboxylic acids is 1. The third-order valence-corrected chi connectivity index (χ3v) is 4.33. The van der Waals surface area contributed by atoms with Gasteiger partial charge in [0.05, 0.1) is 25.1 Å². The summed E-state index contributed by atoms with van der Waals surface area (Å²) in [6.45, 7) is 5.85. The van der Waals surface area contributed by atoms with Crippen molar-refractivity contribution >= 4 is 24.3 Å². The zero-order valence-electron chi connectivity index (χ0n) is 14.7. The number of aliphatic carboxylic acids is 1. The second kappa shape index (κ2) is 10.3. The first-order valence-electron chi connectivity index (χ1n) is 8.51. The molecule has 1 aromatic rings. The molecule has 0 bridgehead atoms. The van der Waals surface area contributed by atoms with Gasteiger partial charge in [0, 0.05) is 12.1 Å². The van der Waals surface area contributed by atoms with E-state index in [1.807, 2.05) is 43.0 Å². The fraction of sp³-hybridized carbons (Fsp3) is 0.556. The summed E-state index contributed by atoms with van der Waals surface area (Å²) in [5.74, 6) is -0.438. The van der Waals surface area contributed by atoms with Crippen LogP contribution in [0.2, 0.25) is 0 Å². The largest absolute Gasteiger partial charge is 0.494 e. The Kier molecular flexibility index (Phi) is 8.72. The smallest absolute Gasteiger partial charge is 0.307 e. The first-order valence-corrected chi connectivity index (χ1v) is 8.51. The number of para-hydroxylation sites is 1. The molecule has 0 spiro atoms. The number of carboxylic acid groups (broad SMARTS) is 1. The molecule has 25 heavy (non-hydrogen) atoms. The van der Waals surface area contributed by atoms with Crippen LogP contribution in [0.25, 0.3) is 0 Å². The van der Waals surface area contributed by atoms with E-state index in [2.05, 4.69) is 5.32 Å². The van der Waals surface area contributed by atoms with Gasteiger partial charge in [0.1, 0.15) is 5.75 Å². The van der Waals surface area contributed by atoms with Crippen LogP contribution in [-0.2, 0) is 9.59 Å². The Balaban J connectivity index is 0.00000312. The molecule has 7 heteroatoms. The van der Waals surface area contributed by atoms with E-state index in [0.717, 1.165) is 17.7 Å². The number of halogens is 1. The van der Waals surface area contributed by atoms with Crippen LogP contribution in [0.5, 0.6) is 5.75 Å². The highest BCUT2D eigenvalue weighted by Crippen LogP contribution is 2.27. The Morgan fingerprint density at radius 3 is 2.68 bits per heavy atom.